The monoisotopic (exact) mass is 322 g/mol. The van der Waals surface area contributed by atoms with Crippen molar-refractivity contribution < 1.29 is 9.53 Å². The fourth-order valence-corrected chi connectivity index (χ4v) is 3.92. The summed E-state index contributed by atoms with van der Waals surface area (Å²) in [6.07, 6.45) is 5.61. The summed E-state index contributed by atoms with van der Waals surface area (Å²) in [7, 11) is 0. The number of fused-ring (bicyclic) bond motifs is 1. The van der Waals surface area contributed by atoms with Crippen LogP contribution in [0, 0.1) is 11.3 Å². The number of ether oxygens (including phenoxy) is 1. The Balaban J connectivity index is 1.97. The standard InChI is InChI=1S/C16H19BrO2/c1-16-10-4-2-3-5-13(16)15(18)19-14(16)11-6-8-12(17)9-7-11/h6-9,13-14H,2-5,10H2,1H3/t13-,14+,16-/m0/s1. The summed E-state index contributed by atoms with van der Waals surface area (Å²) in [4.78, 5) is 12.2. The number of hydrogen-bond acceptors (Lipinski definition) is 2. The maximum atomic E-state index is 12.2. The third kappa shape index (κ3) is 2.22. The molecule has 1 aromatic carbocycles. The third-order valence-electron chi connectivity index (χ3n) is 4.79. The van der Waals surface area contributed by atoms with Crippen molar-refractivity contribution in [2.24, 2.45) is 11.3 Å². The van der Waals surface area contributed by atoms with Crippen LogP contribution in [0.3, 0.4) is 0 Å². The van der Waals surface area contributed by atoms with Crippen LogP contribution in [0.15, 0.2) is 28.7 Å². The van der Waals surface area contributed by atoms with Crippen molar-refractivity contribution in [1.29, 1.82) is 0 Å². The third-order valence-corrected chi connectivity index (χ3v) is 5.32. The van der Waals surface area contributed by atoms with Crippen LogP contribution >= 0.6 is 15.9 Å². The summed E-state index contributed by atoms with van der Waals surface area (Å²) in [5.41, 5.74) is 1.10. The molecule has 1 heterocycles. The molecule has 102 valence electrons. The highest BCUT2D eigenvalue weighted by atomic mass is 79.9. The summed E-state index contributed by atoms with van der Waals surface area (Å²) in [6.45, 7) is 2.24. The van der Waals surface area contributed by atoms with Crippen molar-refractivity contribution in [1.82, 2.24) is 0 Å². The number of halogens is 1. The van der Waals surface area contributed by atoms with Gasteiger partial charge in [0.1, 0.15) is 6.10 Å². The van der Waals surface area contributed by atoms with E-state index in [1.165, 1.54) is 12.8 Å². The zero-order valence-electron chi connectivity index (χ0n) is 11.2. The minimum atomic E-state index is -0.0730. The van der Waals surface area contributed by atoms with E-state index in [1.54, 1.807) is 0 Å². The molecule has 1 aliphatic carbocycles. The fraction of sp³-hybridized carbons (Fsp3) is 0.562. The van der Waals surface area contributed by atoms with Crippen molar-refractivity contribution >= 4 is 21.9 Å². The predicted molar refractivity (Wildman–Crippen MR) is 77.7 cm³/mol. The van der Waals surface area contributed by atoms with Crippen LogP contribution in [0.4, 0.5) is 0 Å². The van der Waals surface area contributed by atoms with E-state index in [2.05, 4.69) is 35.0 Å². The van der Waals surface area contributed by atoms with Crippen LogP contribution in [0.1, 0.15) is 50.7 Å². The van der Waals surface area contributed by atoms with Gasteiger partial charge in [-0.3, -0.25) is 4.79 Å². The molecule has 19 heavy (non-hydrogen) atoms. The molecule has 3 atom stereocenters. The van der Waals surface area contributed by atoms with Crippen LogP contribution in [0.25, 0.3) is 0 Å². The molecule has 0 spiro atoms. The minimum absolute atomic E-state index is 0.0114. The molecule has 1 saturated heterocycles. The van der Waals surface area contributed by atoms with Crippen LogP contribution in [0.2, 0.25) is 0 Å². The molecule has 2 nitrogen and oxygen atoms in total. The second kappa shape index (κ2) is 4.93. The summed E-state index contributed by atoms with van der Waals surface area (Å²) in [5.74, 6) is 0.0981. The predicted octanol–water partition coefficient (Wildman–Crippen LogP) is 4.63. The van der Waals surface area contributed by atoms with Gasteiger partial charge in [-0.05, 0) is 30.5 Å². The molecule has 0 bridgehead atoms. The first-order valence-electron chi connectivity index (χ1n) is 7.07. The van der Waals surface area contributed by atoms with Gasteiger partial charge in [0.25, 0.3) is 0 Å². The number of carbonyl (C=O) groups excluding carboxylic acids is 1. The van der Waals surface area contributed by atoms with Gasteiger partial charge in [0.15, 0.2) is 0 Å². The van der Waals surface area contributed by atoms with Gasteiger partial charge in [-0.25, -0.2) is 0 Å². The van der Waals surface area contributed by atoms with Crippen molar-refractivity contribution in [3.63, 3.8) is 0 Å². The molecule has 0 radical (unpaired) electrons. The van der Waals surface area contributed by atoms with Gasteiger partial charge in [-0.2, -0.15) is 0 Å². The van der Waals surface area contributed by atoms with E-state index in [4.69, 9.17) is 4.74 Å². The number of benzene rings is 1. The average Bonchev–Trinajstić information content (AvgIpc) is 2.54. The first-order chi connectivity index (χ1) is 9.11. The van der Waals surface area contributed by atoms with Crippen molar-refractivity contribution in [2.45, 2.75) is 45.1 Å². The quantitative estimate of drug-likeness (QED) is 0.704. The van der Waals surface area contributed by atoms with Crippen LogP contribution < -0.4 is 0 Å². The molecule has 3 rings (SSSR count). The Labute approximate surface area is 122 Å². The van der Waals surface area contributed by atoms with E-state index in [0.29, 0.717) is 0 Å². The average molecular weight is 323 g/mol. The Morgan fingerprint density at radius 1 is 1.21 bits per heavy atom. The van der Waals surface area contributed by atoms with Crippen molar-refractivity contribution in [2.75, 3.05) is 0 Å². The molecule has 0 amide bonds. The Morgan fingerprint density at radius 2 is 1.95 bits per heavy atom. The highest BCUT2D eigenvalue weighted by Crippen LogP contribution is 2.55. The van der Waals surface area contributed by atoms with E-state index in [1.807, 2.05) is 12.1 Å². The van der Waals surface area contributed by atoms with Gasteiger partial charge >= 0.3 is 5.97 Å². The van der Waals surface area contributed by atoms with Gasteiger partial charge in [0, 0.05) is 9.89 Å². The highest BCUT2D eigenvalue weighted by Gasteiger charge is 2.54. The molecule has 1 saturated carbocycles. The molecular weight excluding hydrogens is 304 g/mol. The van der Waals surface area contributed by atoms with Crippen molar-refractivity contribution in [3.05, 3.63) is 34.3 Å². The molecule has 0 N–H and O–H groups in total. The molecule has 0 unspecified atom stereocenters. The Morgan fingerprint density at radius 3 is 2.68 bits per heavy atom. The lowest BCUT2D eigenvalue weighted by atomic mass is 9.70. The van der Waals surface area contributed by atoms with E-state index in [-0.39, 0.29) is 23.4 Å². The second-order valence-electron chi connectivity index (χ2n) is 6.03. The lowest BCUT2D eigenvalue weighted by Crippen LogP contribution is -2.28. The molecule has 1 aliphatic heterocycles. The lowest BCUT2D eigenvalue weighted by Gasteiger charge is -2.31. The molecule has 2 fully saturated rings. The smallest absolute Gasteiger partial charge is 0.310 e. The lowest BCUT2D eigenvalue weighted by molar-refractivity contribution is -0.144. The largest absolute Gasteiger partial charge is 0.457 e. The fourth-order valence-electron chi connectivity index (χ4n) is 3.66. The SMILES string of the molecule is C[C@]12CCCCC[C@H]1C(=O)O[C@@H]2c1ccc(Br)cc1. The maximum Gasteiger partial charge on any atom is 0.310 e. The Bertz CT molecular complexity index is 482. The summed E-state index contributed by atoms with van der Waals surface area (Å²) in [5, 5.41) is 0. The van der Waals surface area contributed by atoms with Crippen LogP contribution in [-0.2, 0) is 9.53 Å². The number of hydrogen-bond donors (Lipinski definition) is 0. The molecule has 3 heteroatoms. The summed E-state index contributed by atoms with van der Waals surface area (Å²) >= 11 is 3.45. The van der Waals surface area contributed by atoms with Gasteiger partial charge in [-0.15, -0.1) is 0 Å². The number of rotatable bonds is 1. The number of carbonyl (C=O) groups is 1. The normalized spacial score (nSPS) is 34.5. The summed E-state index contributed by atoms with van der Waals surface area (Å²) in [6, 6.07) is 8.19. The number of esters is 1. The summed E-state index contributed by atoms with van der Waals surface area (Å²) < 4.78 is 6.80. The van der Waals surface area contributed by atoms with Gasteiger partial charge in [0.05, 0.1) is 5.92 Å². The first kappa shape index (κ1) is 13.2. The zero-order chi connectivity index (χ0) is 13.5. The minimum Gasteiger partial charge on any atom is -0.457 e. The van der Waals surface area contributed by atoms with Gasteiger partial charge in [-0.1, -0.05) is 54.2 Å². The van der Waals surface area contributed by atoms with Crippen molar-refractivity contribution in [3.8, 4) is 0 Å². The first-order valence-corrected chi connectivity index (χ1v) is 7.86. The van der Waals surface area contributed by atoms with E-state index < -0.39 is 0 Å². The maximum absolute atomic E-state index is 12.2. The Kier molecular flexibility index (Phi) is 3.42. The van der Waals surface area contributed by atoms with Crippen LogP contribution in [0.5, 0.6) is 0 Å². The zero-order valence-corrected chi connectivity index (χ0v) is 12.8. The highest BCUT2D eigenvalue weighted by molar-refractivity contribution is 9.10. The van der Waals surface area contributed by atoms with E-state index in [0.717, 1.165) is 29.3 Å². The molecule has 0 aromatic heterocycles. The van der Waals surface area contributed by atoms with E-state index in [9.17, 15) is 4.79 Å². The topological polar surface area (TPSA) is 26.3 Å². The number of cyclic esters (lactones) is 1. The second-order valence-corrected chi connectivity index (χ2v) is 6.94. The van der Waals surface area contributed by atoms with Gasteiger partial charge < -0.3 is 4.74 Å². The molecular formula is C16H19BrO2. The molecule has 1 aromatic rings. The molecule has 2 aliphatic rings. The van der Waals surface area contributed by atoms with Gasteiger partial charge in [0.2, 0.25) is 0 Å². The van der Waals surface area contributed by atoms with E-state index >= 15 is 0 Å². The van der Waals surface area contributed by atoms with Crippen LogP contribution in [-0.4, -0.2) is 5.97 Å². The Hall–Kier alpha value is -0.830.